The van der Waals surface area contributed by atoms with Crippen molar-refractivity contribution < 1.29 is 28.8 Å². The molecule has 0 aromatic rings. The van der Waals surface area contributed by atoms with Crippen molar-refractivity contribution in [3.63, 3.8) is 0 Å². The number of nitrogens with one attached hydrogen (secondary N) is 4. The summed E-state index contributed by atoms with van der Waals surface area (Å²) in [4.78, 5) is 69.2. The molecule has 6 amide bonds. The van der Waals surface area contributed by atoms with Gasteiger partial charge in [0.2, 0.25) is 11.8 Å². The van der Waals surface area contributed by atoms with Crippen LogP contribution in [0, 0.1) is 0 Å². The van der Waals surface area contributed by atoms with Crippen LogP contribution in [0.5, 0.6) is 0 Å². The van der Waals surface area contributed by atoms with E-state index in [9.17, 15) is 28.8 Å². The van der Waals surface area contributed by atoms with Gasteiger partial charge in [0, 0.05) is 90.5 Å². The molecule has 2 aliphatic heterocycles. The quantitative estimate of drug-likeness (QED) is 0.130. The van der Waals surface area contributed by atoms with Gasteiger partial charge in [-0.1, -0.05) is 14.9 Å². The molecule has 16 heteroatoms. The number of hydrogen-bond donors (Lipinski definition) is 4. The second-order valence-electron chi connectivity index (χ2n) is 6.89. The Hall–Kier alpha value is -2.34. The molecule has 0 bridgehead atoms. The molecule has 0 aromatic carbocycles. The molecular weight excluding hydrogens is 570 g/mol. The molecule has 214 valence electrons. The summed E-state index contributed by atoms with van der Waals surface area (Å²) in [6.45, 7) is 2.72. The van der Waals surface area contributed by atoms with Gasteiger partial charge < -0.3 is 21.3 Å². The van der Waals surface area contributed by atoms with E-state index in [1.54, 1.807) is 14.1 Å². The summed E-state index contributed by atoms with van der Waals surface area (Å²) in [5, 5.41) is 11.1. The van der Waals surface area contributed by atoms with Crippen LogP contribution in [-0.2, 0) is 52.4 Å². The van der Waals surface area contributed by atoms with E-state index in [4.69, 9.17) is 0 Å². The number of rotatable bonds is 13. The fourth-order valence-electron chi connectivity index (χ4n) is 2.56. The molecule has 12 nitrogen and oxygen atoms in total. The van der Waals surface area contributed by atoms with Crippen molar-refractivity contribution in [1.29, 1.82) is 0 Å². The summed E-state index contributed by atoms with van der Waals surface area (Å²) in [7, 11) is 5.32. The molecule has 38 heavy (non-hydrogen) atoms. The first kappa shape index (κ1) is 40.2. The van der Waals surface area contributed by atoms with E-state index in [2.05, 4.69) is 44.9 Å². The fraction of sp³-hybridized carbons (Fsp3) is 0.545. The molecule has 0 saturated heterocycles. The summed E-state index contributed by atoms with van der Waals surface area (Å²) in [5.41, 5.74) is 0. The monoisotopic (exact) mass is 608 g/mol. The van der Waals surface area contributed by atoms with Crippen molar-refractivity contribution in [2.24, 2.45) is 0 Å². The van der Waals surface area contributed by atoms with Crippen LogP contribution in [0.1, 0.15) is 27.7 Å². The third-order valence-corrected chi connectivity index (χ3v) is 7.02. The van der Waals surface area contributed by atoms with Crippen molar-refractivity contribution in [3.05, 3.63) is 24.3 Å². The van der Waals surface area contributed by atoms with Crippen LogP contribution in [0.4, 0.5) is 0 Å². The smallest absolute Gasteiger partial charge is 0.253 e. The van der Waals surface area contributed by atoms with Crippen LogP contribution in [0.3, 0.4) is 0 Å². The normalized spacial score (nSPS) is 13.3. The SMILES string of the molecule is C.C.CNCCNC(=O)CCN1C(=O)C=CC1=O.CNCCNC(=O)CCN1C(=O)C=CC1=O.S=PP=S. The highest BCUT2D eigenvalue weighted by Gasteiger charge is 2.24. The lowest BCUT2D eigenvalue weighted by atomic mass is 10.3. The van der Waals surface area contributed by atoms with Gasteiger partial charge in [-0.15, -0.1) is 0 Å². The first-order valence-electron chi connectivity index (χ1n) is 10.8. The molecule has 0 aliphatic carbocycles. The van der Waals surface area contributed by atoms with Crippen LogP contribution in [-0.4, -0.2) is 98.6 Å². The lowest BCUT2D eigenvalue weighted by Crippen LogP contribution is -2.36. The second kappa shape index (κ2) is 25.0. The van der Waals surface area contributed by atoms with E-state index < -0.39 is 0 Å². The lowest BCUT2D eigenvalue weighted by molar-refractivity contribution is -0.139. The Balaban J connectivity index is -0.000000540. The minimum atomic E-state index is -0.354. The maximum Gasteiger partial charge on any atom is 0.253 e. The summed E-state index contributed by atoms with van der Waals surface area (Å²) in [6, 6.07) is 0. The summed E-state index contributed by atoms with van der Waals surface area (Å²) >= 11 is 8.82. The minimum Gasteiger partial charge on any atom is -0.355 e. The molecule has 0 fully saturated rings. The topological polar surface area (TPSA) is 157 Å². The lowest BCUT2D eigenvalue weighted by Gasteiger charge is -2.13. The van der Waals surface area contributed by atoms with E-state index >= 15 is 0 Å². The van der Waals surface area contributed by atoms with Crippen LogP contribution < -0.4 is 21.3 Å². The Labute approximate surface area is 238 Å². The van der Waals surface area contributed by atoms with E-state index in [-0.39, 0.29) is 76.2 Å². The average molecular weight is 609 g/mol. The predicted octanol–water partition coefficient (Wildman–Crippen LogP) is 0.264. The van der Waals surface area contributed by atoms with E-state index in [1.165, 1.54) is 24.3 Å². The molecule has 0 radical (unpaired) electrons. The predicted molar refractivity (Wildman–Crippen MR) is 157 cm³/mol. The average Bonchev–Trinajstić information content (AvgIpc) is 3.36. The van der Waals surface area contributed by atoms with Gasteiger partial charge in [-0.2, -0.15) is 0 Å². The third-order valence-electron chi connectivity index (χ3n) is 4.35. The van der Waals surface area contributed by atoms with Gasteiger partial charge in [0.25, 0.3) is 23.6 Å². The van der Waals surface area contributed by atoms with Gasteiger partial charge in [-0.05, 0) is 37.7 Å². The highest BCUT2D eigenvalue weighted by atomic mass is 32.7. The van der Waals surface area contributed by atoms with Gasteiger partial charge in [0.05, 0.1) is 0 Å². The maximum atomic E-state index is 11.3. The van der Waals surface area contributed by atoms with Crippen LogP contribution in [0.2, 0.25) is 0 Å². The molecule has 0 saturated carbocycles. The number of nitrogens with zero attached hydrogens (tertiary/aromatic N) is 2. The Bertz CT molecular complexity index is 782. The molecule has 2 rings (SSSR count). The first-order valence-corrected chi connectivity index (χ1v) is 15.3. The molecular formula is C22H38N6O6P2S2. The Kier molecular flexibility index (Phi) is 26.4. The summed E-state index contributed by atoms with van der Waals surface area (Å²) in [6.07, 6.45) is 5.12. The van der Waals surface area contributed by atoms with E-state index in [1.807, 2.05) is 0 Å². The maximum absolute atomic E-state index is 11.3. The number of hydrogen-bond acceptors (Lipinski definition) is 10. The van der Waals surface area contributed by atoms with Crippen molar-refractivity contribution in [2.45, 2.75) is 27.7 Å². The summed E-state index contributed by atoms with van der Waals surface area (Å²) < 4.78 is 0. The largest absolute Gasteiger partial charge is 0.355 e. The number of amides is 6. The Morgan fingerprint density at radius 2 is 0.947 bits per heavy atom. The van der Waals surface area contributed by atoms with Gasteiger partial charge in [0.1, 0.15) is 0 Å². The Morgan fingerprint density at radius 3 is 1.18 bits per heavy atom. The van der Waals surface area contributed by atoms with Crippen LogP contribution in [0.15, 0.2) is 24.3 Å². The number of carbonyl (C=O) groups excluding carboxylic acids is 6. The zero-order valence-electron chi connectivity index (χ0n) is 20.0. The molecule has 0 atom stereocenters. The third kappa shape index (κ3) is 18.0. The van der Waals surface area contributed by atoms with Crippen molar-refractivity contribution in [1.82, 2.24) is 31.1 Å². The standard InChI is InChI=1S/2C10H15N3O3.2CH4.P2S2/c2*1-11-5-6-12-8(14)4-7-13-9(15)2-3-10(13)16;;;3-1-2-4/h2*2-3,11H,4-7H2,1H3,(H,12,14);2*1H4;. The Morgan fingerprint density at radius 1 is 0.658 bits per heavy atom. The van der Waals surface area contributed by atoms with Crippen molar-refractivity contribution in [3.8, 4) is 0 Å². The number of imide groups is 2. The van der Waals surface area contributed by atoms with Crippen molar-refractivity contribution >= 4 is 73.1 Å². The molecule has 2 aliphatic rings. The number of carbonyl (C=O) groups is 6. The number of likely N-dealkylation sites (N-methyl/N-ethyl adjacent to an activating group) is 2. The van der Waals surface area contributed by atoms with E-state index in [0.29, 0.717) is 26.2 Å². The fourth-order valence-corrected chi connectivity index (χ4v) is 2.56. The van der Waals surface area contributed by atoms with Gasteiger partial charge in [-0.25, -0.2) is 0 Å². The van der Waals surface area contributed by atoms with Crippen molar-refractivity contribution in [2.75, 3.05) is 53.4 Å². The first-order chi connectivity index (χ1) is 17.2. The van der Waals surface area contributed by atoms with Crippen LogP contribution >= 0.6 is 14.1 Å². The van der Waals surface area contributed by atoms with Gasteiger partial charge in [0.15, 0.2) is 0 Å². The van der Waals surface area contributed by atoms with E-state index in [0.717, 1.165) is 23.9 Å². The molecule has 4 N–H and O–H groups in total. The second-order valence-corrected chi connectivity index (χ2v) is 11.1. The van der Waals surface area contributed by atoms with Gasteiger partial charge in [-0.3, -0.25) is 38.6 Å². The molecule has 0 spiro atoms. The highest BCUT2D eigenvalue weighted by Crippen LogP contribution is 2.10. The van der Waals surface area contributed by atoms with Crippen LogP contribution in [0.25, 0.3) is 0 Å². The zero-order valence-corrected chi connectivity index (χ0v) is 23.4. The molecule has 0 aromatic heterocycles. The zero-order chi connectivity index (χ0) is 27.3. The van der Waals surface area contributed by atoms with Gasteiger partial charge >= 0.3 is 0 Å². The minimum absolute atomic E-state index is 0. The summed E-state index contributed by atoms with van der Waals surface area (Å²) in [5.74, 6) is -1.74. The molecule has 0 unspecified atom stereocenters. The highest BCUT2D eigenvalue weighted by molar-refractivity contribution is 8.40. The molecule has 2 heterocycles.